The molecule has 172 valence electrons. The van der Waals surface area contributed by atoms with Crippen molar-refractivity contribution in [1.29, 1.82) is 0 Å². The van der Waals surface area contributed by atoms with Crippen molar-refractivity contribution in [1.82, 2.24) is 20.1 Å². The molecule has 5 rings (SSSR count). The summed E-state index contributed by atoms with van der Waals surface area (Å²) >= 11 is 0. The van der Waals surface area contributed by atoms with E-state index in [1.807, 2.05) is 87.5 Å². The van der Waals surface area contributed by atoms with Crippen LogP contribution in [0.4, 0.5) is 0 Å². The predicted octanol–water partition coefficient (Wildman–Crippen LogP) is 5.05. The summed E-state index contributed by atoms with van der Waals surface area (Å²) in [5, 5.41) is 8.74. The maximum absolute atomic E-state index is 12.8. The molecule has 0 saturated carbocycles. The lowest BCUT2D eigenvalue weighted by Gasteiger charge is -2.23. The quantitative estimate of drug-likeness (QED) is 0.426. The molecular weight excluding hydrogens is 428 g/mol. The summed E-state index contributed by atoms with van der Waals surface area (Å²) in [7, 11) is 0. The fourth-order valence-corrected chi connectivity index (χ4v) is 3.96. The number of nitrogens with one attached hydrogen (secondary N) is 1. The molecule has 1 aliphatic heterocycles. The van der Waals surface area contributed by atoms with Crippen molar-refractivity contribution in [2.24, 2.45) is 0 Å². The van der Waals surface area contributed by atoms with Crippen LogP contribution in [0, 0.1) is 0 Å². The standard InChI is InChI=1S/C27H26N4O3/c1-27(2,3)34-26(32)24-22(14-16-29-24)31-25-19(17-30-31)13-15-28-23(25)18-9-11-21(12-10-18)33-20-7-5-4-6-8-20/h4-15,17,24,29H,16H2,1-3H3. The van der Waals surface area contributed by atoms with Gasteiger partial charge >= 0.3 is 5.97 Å². The molecule has 7 nitrogen and oxygen atoms in total. The average molecular weight is 455 g/mol. The van der Waals surface area contributed by atoms with Crippen LogP contribution in [-0.4, -0.2) is 38.9 Å². The zero-order chi connectivity index (χ0) is 23.7. The number of ether oxygens (including phenoxy) is 2. The maximum atomic E-state index is 12.8. The molecule has 0 bridgehead atoms. The highest BCUT2D eigenvalue weighted by molar-refractivity contribution is 5.97. The Morgan fingerprint density at radius 2 is 1.76 bits per heavy atom. The maximum Gasteiger partial charge on any atom is 0.329 e. The van der Waals surface area contributed by atoms with Crippen LogP contribution in [0.25, 0.3) is 27.9 Å². The van der Waals surface area contributed by atoms with E-state index in [1.165, 1.54) is 0 Å². The van der Waals surface area contributed by atoms with E-state index >= 15 is 0 Å². The fourth-order valence-electron chi connectivity index (χ4n) is 3.96. The van der Waals surface area contributed by atoms with E-state index in [9.17, 15) is 4.79 Å². The Morgan fingerprint density at radius 3 is 2.50 bits per heavy atom. The highest BCUT2D eigenvalue weighted by Gasteiger charge is 2.33. The molecule has 7 heteroatoms. The van der Waals surface area contributed by atoms with Gasteiger partial charge in [0.05, 0.1) is 17.6 Å². The molecule has 1 N–H and O–H groups in total. The molecule has 3 heterocycles. The van der Waals surface area contributed by atoms with E-state index in [0.717, 1.165) is 39.4 Å². The number of para-hydroxylation sites is 1. The summed E-state index contributed by atoms with van der Waals surface area (Å²) in [5.74, 6) is 1.19. The van der Waals surface area contributed by atoms with Gasteiger partial charge in [-0.2, -0.15) is 5.10 Å². The third-order valence-electron chi connectivity index (χ3n) is 5.40. The van der Waals surface area contributed by atoms with Crippen molar-refractivity contribution in [3.05, 3.63) is 79.1 Å². The number of hydrogen-bond donors (Lipinski definition) is 1. The highest BCUT2D eigenvalue weighted by atomic mass is 16.6. The van der Waals surface area contributed by atoms with Crippen molar-refractivity contribution in [2.75, 3.05) is 6.54 Å². The van der Waals surface area contributed by atoms with E-state index in [-0.39, 0.29) is 5.97 Å². The minimum Gasteiger partial charge on any atom is -0.459 e. The van der Waals surface area contributed by atoms with Gasteiger partial charge in [-0.3, -0.25) is 10.3 Å². The van der Waals surface area contributed by atoms with Gasteiger partial charge in [0.2, 0.25) is 0 Å². The molecule has 0 amide bonds. The van der Waals surface area contributed by atoms with Gasteiger partial charge in [-0.15, -0.1) is 0 Å². The Labute approximate surface area is 198 Å². The molecule has 4 aromatic rings. The molecule has 1 aliphatic rings. The van der Waals surface area contributed by atoms with E-state index in [1.54, 1.807) is 17.1 Å². The minimum absolute atomic E-state index is 0.326. The number of pyridine rings is 1. The van der Waals surface area contributed by atoms with Gasteiger partial charge in [-0.05, 0) is 69.3 Å². The van der Waals surface area contributed by atoms with Crippen molar-refractivity contribution in [3.8, 4) is 22.8 Å². The van der Waals surface area contributed by atoms with Gasteiger partial charge in [-0.1, -0.05) is 18.2 Å². The number of nitrogens with zero attached hydrogens (tertiary/aromatic N) is 3. The summed E-state index contributed by atoms with van der Waals surface area (Å²) in [6.07, 6.45) is 5.53. The van der Waals surface area contributed by atoms with Crippen molar-refractivity contribution in [2.45, 2.75) is 32.4 Å². The number of esters is 1. The molecule has 34 heavy (non-hydrogen) atoms. The first-order valence-corrected chi connectivity index (χ1v) is 11.2. The number of aromatic nitrogens is 3. The van der Waals surface area contributed by atoms with Gasteiger partial charge in [-0.25, -0.2) is 9.48 Å². The summed E-state index contributed by atoms with van der Waals surface area (Å²) in [6, 6.07) is 18.8. The van der Waals surface area contributed by atoms with E-state index < -0.39 is 11.6 Å². The number of carbonyl (C=O) groups is 1. The van der Waals surface area contributed by atoms with Crippen LogP contribution < -0.4 is 10.1 Å². The average Bonchev–Trinajstić information content (AvgIpc) is 3.46. The lowest BCUT2D eigenvalue weighted by molar-refractivity contribution is -0.155. The topological polar surface area (TPSA) is 78.3 Å². The van der Waals surface area contributed by atoms with Gasteiger partial charge in [0.15, 0.2) is 0 Å². The van der Waals surface area contributed by atoms with E-state index in [2.05, 4.69) is 15.4 Å². The number of carbonyl (C=O) groups excluding carboxylic acids is 1. The molecule has 2 aromatic carbocycles. The second-order valence-corrected chi connectivity index (χ2v) is 9.10. The molecule has 0 fully saturated rings. The smallest absolute Gasteiger partial charge is 0.329 e. The Balaban J connectivity index is 1.48. The molecule has 1 unspecified atom stereocenters. The van der Waals surface area contributed by atoms with Crippen LogP contribution in [0.5, 0.6) is 11.5 Å². The molecule has 0 spiro atoms. The number of fused-ring (bicyclic) bond motifs is 1. The highest BCUT2D eigenvalue weighted by Crippen LogP contribution is 2.32. The lowest BCUT2D eigenvalue weighted by Crippen LogP contribution is -2.40. The lowest BCUT2D eigenvalue weighted by atomic mass is 10.1. The zero-order valence-electron chi connectivity index (χ0n) is 19.4. The molecule has 1 atom stereocenters. The fraction of sp³-hybridized carbons (Fsp3) is 0.222. The SMILES string of the molecule is CC(C)(C)OC(=O)C1NCC=C1n1ncc2ccnc(-c3ccc(Oc4ccccc4)cc3)c21. The second kappa shape index (κ2) is 8.76. The zero-order valence-corrected chi connectivity index (χ0v) is 19.4. The number of benzene rings is 2. The molecular formula is C27H26N4O3. The summed E-state index contributed by atoms with van der Waals surface area (Å²) < 4.78 is 13.3. The molecule has 0 saturated heterocycles. The van der Waals surface area contributed by atoms with E-state index in [0.29, 0.717) is 6.54 Å². The van der Waals surface area contributed by atoms with E-state index in [4.69, 9.17) is 9.47 Å². The summed E-state index contributed by atoms with van der Waals surface area (Å²) in [5.41, 5.74) is 2.70. The second-order valence-electron chi connectivity index (χ2n) is 9.10. The van der Waals surface area contributed by atoms with Crippen molar-refractivity contribution >= 4 is 22.6 Å². The third-order valence-corrected chi connectivity index (χ3v) is 5.40. The van der Waals surface area contributed by atoms with Crippen molar-refractivity contribution in [3.63, 3.8) is 0 Å². The Bertz CT molecular complexity index is 1350. The van der Waals surface area contributed by atoms with Gasteiger partial charge in [0, 0.05) is 23.7 Å². The monoisotopic (exact) mass is 454 g/mol. The van der Waals surface area contributed by atoms with Crippen LogP contribution in [0.2, 0.25) is 0 Å². The first-order valence-electron chi connectivity index (χ1n) is 11.2. The Hall–Kier alpha value is -3.97. The van der Waals surface area contributed by atoms with Gasteiger partial charge in [0.25, 0.3) is 0 Å². The Morgan fingerprint density at radius 1 is 1.03 bits per heavy atom. The largest absolute Gasteiger partial charge is 0.459 e. The van der Waals surface area contributed by atoms with Crippen LogP contribution in [0.3, 0.4) is 0 Å². The van der Waals surface area contributed by atoms with Crippen LogP contribution in [0.15, 0.2) is 79.1 Å². The first kappa shape index (κ1) is 21.9. The summed E-state index contributed by atoms with van der Waals surface area (Å²) in [6.45, 7) is 6.14. The molecule has 2 aromatic heterocycles. The third kappa shape index (κ3) is 4.43. The number of rotatable bonds is 5. The molecule has 0 radical (unpaired) electrons. The minimum atomic E-state index is -0.600. The normalized spacial score (nSPS) is 15.9. The van der Waals surface area contributed by atoms with Gasteiger partial charge in [0.1, 0.15) is 28.7 Å². The summed E-state index contributed by atoms with van der Waals surface area (Å²) in [4.78, 5) is 17.5. The van der Waals surface area contributed by atoms with Crippen molar-refractivity contribution < 1.29 is 14.3 Å². The van der Waals surface area contributed by atoms with Gasteiger partial charge < -0.3 is 9.47 Å². The Kier molecular flexibility index (Phi) is 5.63. The van der Waals surface area contributed by atoms with Crippen LogP contribution in [0.1, 0.15) is 20.8 Å². The predicted molar refractivity (Wildman–Crippen MR) is 131 cm³/mol. The first-order chi connectivity index (χ1) is 16.4. The van der Waals surface area contributed by atoms with Crippen LogP contribution in [-0.2, 0) is 9.53 Å². The molecule has 0 aliphatic carbocycles. The number of hydrogen-bond acceptors (Lipinski definition) is 6. The van der Waals surface area contributed by atoms with Crippen LogP contribution >= 0.6 is 0 Å².